The molecule has 0 spiro atoms. The normalized spacial score (nSPS) is 24.0. The van der Waals surface area contributed by atoms with E-state index in [1.807, 2.05) is 32.3 Å². The number of rotatable bonds is 13. The molecular formula is C33H61NO4SSi2. The maximum absolute atomic E-state index is 14.4. The van der Waals surface area contributed by atoms with Crippen molar-refractivity contribution >= 4 is 26.5 Å². The van der Waals surface area contributed by atoms with Gasteiger partial charge in [0.15, 0.2) is 26.5 Å². The van der Waals surface area contributed by atoms with Gasteiger partial charge < -0.3 is 13.8 Å². The van der Waals surface area contributed by atoms with E-state index >= 15 is 0 Å². The molecule has 1 aliphatic carbocycles. The molecule has 0 saturated heterocycles. The van der Waals surface area contributed by atoms with Gasteiger partial charge in [0.1, 0.15) is 0 Å². The monoisotopic (exact) mass is 623 g/mol. The molecule has 1 fully saturated rings. The van der Waals surface area contributed by atoms with Crippen LogP contribution >= 0.6 is 0 Å². The van der Waals surface area contributed by atoms with Crippen molar-refractivity contribution < 1.29 is 17.3 Å². The summed E-state index contributed by atoms with van der Waals surface area (Å²) in [6.45, 7) is 24.9. The van der Waals surface area contributed by atoms with Crippen LogP contribution in [0.4, 0.5) is 0 Å². The zero-order chi connectivity index (χ0) is 31.4. The van der Waals surface area contributed by atoms with Gasteiger partial charge in [-0.2, -0.15) is 0 Å². The van der Waals surface area contributed by atoms with E-state index in [0.29, 0.717) is 11.3 Å². The fourth-order valence-electron chi connectivity index (χ4n) is 5.20. The minimum absolute atomic E-state index is 0.0272. The third-order valence-electron chi connectivity index (χ3n) is 9.90. The molecule has 0 bridgehead atoms. The van der Waals surface area contributed by atoms with Gasteiger partial charge in [0.05, 0.1) is 22.4 Å². The van der Waals surface area contributed by atoms with Crippen molar-refractivity contribution in [3.63, 3.8) is 0 Å². The quantitative estimate of drug-likeness (QED) is 0.125. The Morgan fingerprint density at radius 1 is 0.951 bits per heavy atom. The minimum atomic E-state index is -3.62. The summed E-state index contributed by atoms with van der Waals surface area (Å²) >= 11 is 0. The number of hydrogen-bond acceptors (Lipinski definition) is 5. The average molecular weight is 624 g/mol. The molecule has 0 heterocycles. The molecule has 1 saturated carbocycles. The van der Waals surface area contributed by atoms with E-state index in [4.69, 9.17) is 8.85 Å². The van der Waals surface area contributed by atoms with Crippen molar-refractivity contribution in [2.24, 2.45) is 5.92 Å². The maximum Gasteiger partial charge on any atom is 0.192 e. The highest BCUT2D eigenvalue weighted by Crippen LogP contribution is 2.45. The van der Waals surface area contributed by atoms with Crippen LogP contribution in [0.15, 0.2) is 47.4 Å². The van der Waals surface area contributed by atoms with E-state index in [-0.39, 0.29) is 34.2 Å². The Balaban J connectivity index is 2.63. The van der Waals surface area contributed by atoms with Gasteiger partial charge in [0.25, 0.3) is 0 Å². The lowest BCUT2D eigenvalue weighted by Gasteiger charge is -2.40. The number of sulfone groups is 1. The summed E-state index contributed by atoms with van der Waals surface area (Å²) in [5, 5.41) is -0.477. The second-order valence-electron chi connectivity index (χ2n) is 15.4. The van der Waals surface area contributed by atoms with Gasteiger partial charge in [-0.25, -0.2) is 8.42 Å². The highest BCUT2D eigenvalue weighted by Gasteiger charge is 2.53. The highest BCUT2D eigenvalue weighted by atomic mass is 32.2. The first-order valence-electron chi connectivity index (χ1n) is 15.6. The fraction of sp³-hybridized carbons (Fsp3) is 0.758. The van der Waals surface area contributed by atoms with Crippen LogP contribution in [0.5, 0.6) is 0 Å². The SMILES string of the molecule is CCCCC[C@@H](/C=C/[C@@H]1[C@H](S(=O)(=O)c2ccccc2)[C@@H](N(C)C)C[C@H]1O[Si](C)(C)C(C)(C)C)O[Si](C)(C)C(C)(C)C. The van der Waals surface area contributed by atoms with Crippen LogP contribution in [0.2, 0.25) is 36.3 Å². The number of unbranched alkanes of at least 4 members (excludes halogenated alkanes) is 2. The molecule has 0 radical (unpaired) electrons. The van der Waals surface area contributed by atoms with E-state index in [9.17, 15) is 8.42 Å². The average Bonchev–Trinajstić information content (AvgIpc) is 3.20. The molecule has 236 valence electrons. The summed E-state index contributed by atoms with van der Waals surface area (Å²) in [6, 6.07) is 8.83. The molecule has 2 rings (SSSR count). The van der Waals surface area contributed by atoms with E-state index in [1.54, 1.807) is 12.1 Å². The molecule has 0 aliphatic heterocycles. The molecule has 0 aromatic heterocycles. The van der Waals surface area contributed by atoms with Gasteiger partial charge in [-0.1, -0.05) is 98.1 Å². The smallest absolute Gasteiger partial charge is 0.192 e. The Hall–Kier alpha value is -0.776. The first kappa shape index (κ1) is 36.4. The minimum Gasteiger partial charge on any atom is -0.413 e. The van der Waals surface area contributed by atoms with E-state index in [1.165, 1.54) is 6.42 Å². The second-order valence-corrected chi connectivity index (χ2v) is 27.0. The van der Waals surface area contributed by atoms with Crippen molar-refractivity contribution in [1.29, 1.82) is 0 Å². The molecule has 5 nitrogen and oxygen atoms in total. The fourth-order valence-corrected chi connectivity index (χ4v) is 10.2. The van der Waals surface area contributed by atoms with Crippen LogP contribution in [-0.4, -0.2) is 67.5 Å². The van der Waals surface area contributed by atoms with Crippen LogP contribution in [0, 0.1) is 5.92 Å². The largest absolute Gasteiger partial charge is 0.413 e. The molecule has 41 heavy (non-hydrogen) atoms. The Kier molecular flexibility index (Phi) is 12.3. The van der Waals surface area contributed by atoms with Gasteiger partial charge in [0.2, 0.25) is 0 Å². The lowest BCUT2D eigenvalue weighted by molar-refractivity contribution is 0.152. The van der Waals surface area contributed by atoms with Crippen LogP contribution in [0.3, 0.4) is 0 Å². The third-order valence-corrected chi connectivity index (χ3v) is 21.2. The molecular weight excluding hydrogens is 563 g/mol. The van der Waals surface area contributed by atoms with Gasteiger partial charge in [-0.05, 0) is 75.3 Å². The van der Waals surface area contributed by atoms with Gasteiger partial charge in [-0.3, -0.25) is 0 Å². The zero-order valence-corrected chi connectivity index (χ0v) is 31.3. The molecule has 1 aromatic carbocycles. The van der Waals surface area contributed by atoms with Crippen molar-refractivity contribution in [2.75, 3.05) is 14.1 Å². The third kappa shape index (κ3) is 9.11. The molecule has 0 unspecified atom stereocenters. The molecule has 5 atom stereocenters. The number of nitrogens with zero attached hydrogens (tertiary/aromatic N) is 1. The lowest BCUT2D eigenvalue weighted by atomic mass is 10.0. The van der Waals surface area contributed by atoms with E-state index < -0.39 is 31.7 Å². The number of hydrogen-bond donors (Lipinski definition) is 0. The van der Waals surface area contributed by atoms with Gasteiger partial charge >= 0.3 is 0 Å². The topological polar surface area (TPSA) is 55.8 Å². The Morgan fingerprint density at radius 2 is 1.51 bits per heavy atom. The summed E-state index contributed by atoms with van der Waals surface area (Å²) in [6.07, 6.45) is 9.23. The molecule has 8 heteroatoms. The van der Waals surface area contributed by atoms with Crippen LogP contribution in [0.25, 0.3) is 0 Å². The van der Waals surface area contributed by atoms with Crippen LogP contribution in [-0.2, 0) is 18.7 Å². The zero-order valence-electron chi connectivity index (χ0n) is 28.5. The Bertz CT molecular complexity index is 1090. The predicted molar refractivity (Wildman–Crippen MR) is 180 cm³/mol. The summed E-state index contributed by atoms with van der Waals surface area (Å²) in [4.78, 5) is 2.48. The van der Waals surface area contributed by atoms with E-state index in [2.05, 4.69) is 91.7 Å². The predicted octanol–water partition coefficient (Wildman–Crippen LogP) is 8.70. The number of benzene rings is 1. The maximum atomic E-state index is 14.4. The van der Waals surface area contributed by atoms with Gasteiger partial charge in [0, 0.05) is 12.0 Å². The summed E-state index contributed by atoms with van der Waals surface area (Å²) in [7, 11) is -3.81. The first-order valence-corrected chi connectivity index (χ1v) is 23.0. The lowest BCUT2D eigenvalue weighted by Crippen LogP contribution is -2.46. The van der Waals surface area contributed by atoms with Crippen LogP contribution < -0.4 is 0 Å². The summed E-state index contributed by atoms with van der Waals surface area (Å²) in [5.74, 6) is -0.265. The first-order chi connectivity index (χ1) is 18.7. The standard InChI is InChI=1S/C33H61NO4SSi2/c1-14-15-17-20-26(37-40(10,11)32(2,3)4)23-24-28-30(38-41(12,13)33(5,6)7)25-29(34(8)9)31(28)39(35,36)27-21-18-16-19-22-27/h16,18-19,21-24,26,28-31H,14-15,17,20,25H2,1-13H3/b24-23+/t26-,28-,29-,30+,31-/m0/s1. The summed E-state index contributed by atoms with van der Waals surface area (Å²) < 4.78 is 42.7. The van der Waals surface area contributed by atoms with Crippen LogP contribution in [0.1, 0.15) is 80.6 Å². The Labute approximate surface area is 255 Å². The Morgan fingerprint density at radius 3 is 2.00 bits per heavy atom. The van der Waals surface area contributed by atoms with Crippen molar-refractivity contribution in [1.82, 2.24) is 4.90 Å². The van der Waals surface area contributed by atoms with Crippen molar-refractivity contribution in [2.45, 2.75) is 145 Å². The highest BCUT2D eigenvalue weighted by molar-refractivity contribution is 7.92. The molecule has 0 N–H and O–H groups in total. The van der Waals surface area contributed by atoms with Crippen molar-refractivity contribution in [3.8, 4) is 0 Å². The second kappa shape index (κ2) is 13.9. The molecule has 0 amide bonds. The van der Waals surface area contributed by atoms with E-state index in [0.717, 1.165) is 19.3 Å². The molecule has 1 aromatic rings. The van der Waals surface area contributed by atoms with Crippen molar-refractivity contribution in [3.05, 3.63) is 42.5 Å². The van der Waals surface area contributed by atoms with Gasteiger partial charge in [-0.15, -0.1) is 0 Å². The molecule has 1 aliphatic rings. The summed E-state index contributed by atoms with van der Waals surface area (Å²) in [5.41, 5.74) is 0.